The van der Waals surface area contributed by atoms with Crippen molar-refractivity contribution >= 4 is 0 Å². The van der Waals surface area contributed by atoms with E-state index in [1.807, 2.05) is 0 Å². The summed E-state index contributed by atoms with van der Waals surface area (Å²) < 4.78 is 10.3. The maximum atomic E-state index is 9.60. The number of hydrogen-bond donors (Lipinski definition) is 1. The highest BCUT2D eigenvalue weighted by molar-refractivity contribution is 4.73. The molecular formula is C9H18O3. The van der Waals surface area contributed by atoms with E-state index in [4.69, 9.17) is 9.47 Å². The molecule has 2 unspecified atom stereocenters. The van der Waals surface area contributed by atoms with Gasteiger partial charge >= 0.3 is 0 Å². The Bertz CT molecular complexity index is 110. The van der Waals surface area contributed by atoms with Crippen molar-refractivity contribution in [3.8, 4) is 0 Å². The zero-order valence-corrected chi connectivity index (χ0v) is 7.66. The molecule has 1 saturated heterocycles. The van der Waals surface area contributed by atoms with Crippen LogP contribution in [0.4, 0.5) is 0 Å². The lowest BCUT2D eigenvalue weighted by atomic mass is 10.1. The number of ether oxygens (including phenoxy) is 2. The first-order chi connectivity index (χ1) is 5.84. The molecule has 12 heavy (non-hydrogen) atoms. The van der Waals surface area contributed by atoms with E-state index in [2.05, 4.69) is 0 Å². The summed E-state index contributed by atoms with van der Waals surface area (Å²) in [5.74, 6) is 0. The lowest BCUT2D eigenvalue weighted by Gasteiger charge is -2.16. The molecule has 0 aromatic carbocycles. The fourth-order valence-corrected chi connectivity index (χ4v) is 1.53. The second-order valence-electron chi connectivity index (χ2n) is 3.25. The van der Waals surface area contributed by atoms with Crippen LogP contribution in [-0.2, 0) is 9.47 Å². The normalized spacial score (nSPS) is 26.0. The van der Waals surface area contributed by atoms with Gasteiger partial charge in [0.05, 0.1) is 12.2 Å². The molecule has 2 atom stereocenters. The Labute approximate surface area is 73.7 Å². The molecule has 1 N–H and O–H groups in total. The molecule has 3 heteroatoms. The van der Waals surface area contributed by atoms with Crippen molar-refractivity contribution in [2.75, 3.05) is 20.3 Å². The summed E-state index contributed by atoms with van der Waals surface area (Å²) in [5.41, 5.74) is 0. The van der Waals surface area contributed by atoms with Crippen LogP contribution in [0.5, 0.6) is 0 Å². The molecular weight excluding hydrogens is 156 g/mol. The standard InChI is InChI=1S/C9H18O3/c1-11-6-2-4-8(10)9-5-3-7-12-9/h8-10H,2-7H2,1H3. The molecule has 0 bridgehead atoms. The maximum Gasteiger partial charge on any atom is 0.0834 e. The van der Waals surface area contributed by atoms with Gasteiger partial charge in [0.1, 0.15) is 0 Å². The molecule has 1 aliphatic rings. The van der Waals surface area contributed by atoms with Gasteiger partial charge < -0.3 is 14.6 Å². The van der Waals surface area contributed by atoms with Gasteiger partial charge in [0.25, 0.3) is 0 Å². The van der Waals surface area contributed by atoms with E-state index in [1.54, 1.807) is 7.11 Å². The molecule has 3 nitrogen and oxygen atoms in total. The van der Waals surface area contributed by atoms with Crippen LogP contribution >= 0.6 is 0 Å². The van der Waals surface area contributed by atoms with Gasteiger partial charge in [-0.3, -0.25) is 0 Å². The first-order valence-electron chi connectivity index (χ1n) is 4.63. The quantitative estimate of drug-likeness (QED) is 0.631. The summed E-state index contributed by atoms with van der Waals surface area (Å²) >= 11 is 0. The van der Waals surface area contributed by atoms with E-state index in [-0.39, 0.29) is 12.2 Å². The van der Waals surface area contributed by atoms with Crippen LogP contribution in [-0.4, -0.2) is 37.6 Å². The van der Waals surface area contributed by atoms with Gasteiger partial charge in [0, 0.05) is 20.3 Å². The molecule has 0 amide bonds. The van der Waals surface area contributed by atoms with Crippen LogP contribution in [0, 0.1) is 0 Å². The van der Waals surface area contributed by atoms with Gasteiger partial charge in [-0.25, -0.2) is 0 Å². The molecule has 0 radical (unpaired) electrons. The molecule has 1 heterocycles. The van der Waals surface area contributed by atoms with Crippen molar-refractivity contribution in [3.05, 3.63) is 0 Å². The molecule has 1 fully saturated rings. The first kappa shape index (κ1) is 9.96. The van der Waals surface area contributed by atoms with E-state index < -0.39 is 0 Å². The fourth-order valence-electron chi connectivity index (χ4n) is 1.53. The lowest BCUT2D eigenvalue weighted by Crippen LogP contribution is -2.25. The van der Waals surface area contributed by atoms with Crippen LogP contribution < -0.4 is 0 Å². The van der Waals surface area contributed by atoms with Crippen LogP contribution in [0.3, 0.4) is 0 Å². The number of hydrogen-bond acceptors (Lipinski definition) is 3. The molecule has 1 aliphatic heterocycles. The predicted octanol–water partition coefficient (Wildman–Crippen LogP) is 0.953. The Morgan fingerprint density at radius 2 is 2.50 bits per heavy atom. The van der Waals surface area contributed by atoms with Crippen LogP contribution in [0.2, 0.25) is 0 Å². The van der Waals surface area contributed by atoms with Crippen molar-refractivity contribution in [1.82, 2.24) is 0 Å². The minimum Gasteiger partial charge on any atom is -0.390 e. The summed E-state index contributed by atoms with van der Waals surface area (Å²) in [7, 11) is 1.68. The zero-order valence-electron chi connectivity index (χ0n) is 7.66. The molecule has 0 aliphatic carbocycles. The zero-order chi connectivity index (χ0) is 8.81. The van der Waals surface area contributed by atoms with Crippen LogP contribution in [0.15, 0.2) is 0 Å². The first-order valence-corrected chi connectivity index (χ1v) is 4.63. The predicted molar refractivity (Wildman–Crippen MR) is 46.1 cm³/mol. The van der Waals surface area contributed by atoms with Gasteiger partial charge in [-0.05, 0) is 25.7 Å². The third kappa shape index (κ3) is 3.09. The third-order valence-electron chi connectivity index (χ3n) is 2.24. The second kappa shape index (κ2) is 5.51. The van der Waals surface area contributed by atoms with Gasteiger partial charge in [0.2, 0.25) is 0 Å². The van der Waals surface area contributed by atoms with Crippen molar-refractivity contribution in [1.29, 1.82) is 0 Å². The minimum absolute atomic E-state index is 0.0851. The van der Waals surface area contributed by atoms with E-state index >= 15 is 0 Å². The molecule has 0 aromatic heterocycles. The molecule has 0 spiro atoms. The SMILES string of the molecule is COCCCC(O)C1CCCO1. The Morgan fingerprint density at radius 1 is 1.67 bits per heavy atom. The number of aliphatic hydroxyl groups is 1. The number of methoxy groups -OCH3 is 1. The van der Waals surface area contributed by atoms with Crippen LogP contribution in [0.25, 0.3) is 0 Å². The number of rotatable bonds is 5. The van der Waals surface area contributed by atoms with E-state index in [9.17, 15) is 5.11 Å². The summed E-state index contributed by atoms with van der Waals surface area (Å²) in [6.45, 7) is 1.54. The van der Waals surface area contributed by atoms with Crippen molar-refractivity contribution in [2.45, 2.75) is 37.9 Å². The maximum absolute atomic E-state index is 9.60. The highest BCUT2D eigenvalue weighted by atomic mass is 16.5. The third-order valence-corrected chi connectivity index (χ3v) is 2.24. The molecule has 0 saturated carbocycles. The summed E-state index contributed by atoms with van der Waals surface area (Å²) in [6, 6.07) is 0. The van der Waals surface area contributed by atoms with Gasteiger partial charge in [-0.1, -0.05) is 0 Å². The van der Waals surface area contributed by atoms with Crippen molar-refractivity contribution < 1.29 is 14.6 Å². The topological polar surface area (TPSA) is 38.7 Å². The lowest BCUT2D eigenvalue weighted by molar-refractivity contribution is -0.00877. The highest BCUT2D eigenvalue weighted by Crippen LogP contribution is 2.18. The largest absolute Gasteiger partial charge is 0.390 e. The average Bonchev–Trinajstić information content (AvgIpc) is 2.56. The Morgan fingerprint density at radius 3 is 3.08 bits per heavy atom. The Balaban J connectivity index is 2.05. The smallest absolute Gasteiger partial charge is 0.0834 e. The monoisotopic (exact) mass is 174 g/mol. The minimum atomic E-state index is -0.289. The van der Waals surface area contributed by atoms with E-state index in [1.165, 1.54) is 0 Å². The fraction of sp³-hybridized carbons (Fsp3) is 1.00. The molecule has 0 aromatic rings. The van der Waals surface area contributed by atoms with E-state index in [0.29, 0.717) is 0 Å². The summed E-state index contributed by atoms with van der Waals surface area (Å²) in [4.78, 5) is 0. The van der Waals surface area contributed by atoms with Gasteiger partial charge in [0.15, 0.2) is 0 Å². The second-order valence-corrected chi connectivity index (χ2v) is 3.25. The van der Waals surface area contributed by atoms with Crippen LogP contribution in [0.1, 0.15) is 25.7 Å². The highest BCUT2D eigenvalue weighted by Gasteiger charge is 2.23. The number of aliphatic hydroxyl groups excluding tert-OH is 1. The average molecular weight is 174 g/mol. The van der Waals surface area contributed by atoms with E-state index in [0.717, 1.165) is 38.9 Å². The Kier molecular flexibility index (Phi) is 4.58. The van der Waals surface area contributed by atoms with Gasteiger partial charge in [-0.2, -0.15) is 0 Å². The summed E-state index contributed by atoms with van der Waals surface area (Å²) in [5, 5.41) is 9.60. The Hall–Kier alpha value is -0.120. The van der Waals surface area contributed by atoms with Crippen molar-refractivity contribution in [2.24, 2.45) is 0 Å². The molecule has 72 valence electrons. The van der Waals surface area contributed by atoms with Gasteiger partial charge in [-0.15, -0.1) is 0 Å². The molecule has 1 rings (SSSR count). The van der Waals surface area contributed by atoms with Crippen molar-refractivity contribution in [3.63, 3.8) is 0 Å². The summed E-state index contributed by atoms with van der Waals surface area (Å²) in [6.07, 6.45) is 3.60.